The fraction of sp³-hybridized carbons (Fsp3) is 0.520. The molecule has 0 unspecified atom stereocenters. The molecule has 32 heavy (non-hydrogen) atoms. The molecule has 2 rings (SSSR count). The monoisotopic (exact) mass is 486 g/mol. The summed E-state index contributed by atoms with van der Waals surface area (Å²) in [5.74, 6) is -0.342. The Balaban J connectivity index is 0.00000512. The molecular weight excluding hydrogens is 451 g/mol. The Morgan fingerprint density at radius 3 is 1.88 bits per heavy atom. The minimum Gasteiger partial charge on any atom is -0.870 e. The summed E-state index contributed by atoms with van der Waals surface area (Å²) in [7, 11) is -4.49. The van der Waals surface area contributed by atoms with E-state index in [-0.39, 0.29) is 73.5 Å². The Hall–Kier alpha value is -0.414. The predicted octanol–water partition coefficient (Wildman–Crippen LogP) is 3.66. The van der Waals surface area contributed by atoms with Crippen molar-refractivity contribution in [2.24, 2.45) is 0 Å². The number of aryl methyl sites for hydroxylation is 1. The van der Waals surface area contributed by atoms with Gasteiger partial charge in [0.15, 0.2) is 0 Å². The summed E-state index contributed by atoms with van der Waals surface area (Å²) >= 11 is 0. The quantitative estimate of drug-likeness (QED) is 0.236. The van der Waals surface area contributed by atoms with Crippen LogP contribution in [0.25, 0.3) is 0 Å². The van der Waals surface area contributed by atoms with Crippen molar-refractivity contribution in [2.45, 2.75) is 88.9 Å². The first kappa shape index (κ1) is 29.6. The molecule has 0 aliphatic rings. The average Bonchev–Trinajstić information content (AvgIpc) is 2.73. The van der Waals surface area contributed by atoms with Crippen molar-refractivity contribution in [3.05, 3.63) is 48.0 Å². The second-order valence-corrected chi connectivity index (χ2v) is 9.41. The molecule has 0 aliphatic carbocycles. The van der Waals surface area contributed by atoms with E-state index in [0.29, 0.717) is 12.0 Å². The maximum absolute atomic E-state index is 12.0. The number of benzene rings is 2. The number of ether oxygens (including phenoxy) is 1. The van der Waals surface area contributed by atoms with Gasteiger partial charge >= 0.3 is 51.4 Å². The van der Waals surface area contributed by atoms with Crippen LogP contribution in [0.2, 0.25) is 0 Å². The first-order valence-electron chi connectivity index (χ1n) is 11.5. The number of rotatable bonds is 15. The van der Waals surface area contributed by atoms with Gasteiger partial charge in [-0.05, 0) is 30.5 Å². The van der Waals surface area contributed by atoms with Crippen LogP contribution in [0.5, 0.6) is 17.2 Å². The van der Waals surface area contributed by atoms with E-state index >= 15 is 0 Å². The molecular formula is C25H35KO5S. The zero-order valence-corrected chi connectivity index (χ0v) is 23.5. The van der Waals surface area contributed by atoms with Crippen molar-refractivity contribution in [1.29, 1.82) is 0 Å². The molecule has 7 heteroatoms. The molecule has 2 aromatic rings. The van der Waals surface area contributed by atoms with Crippen molar-refractivity contribution in [1.82, 2.24) is 0 Å². The molecule has 172 valence electrons. The third-order valence-corrected chi connectivity index (χ3v) is 6.42. The van der Waals surface area contributed by atoms with Gasteiger partial charge in [0.05, 0.1) is 0 Å². The molecule has 0 spiro atoms. The van der Waals surface area contributed by atoms with Crippen LogP contribution in [0.15, 0.2) is 47.4 Å². The van der Waals surface area contributed by atoms with Crippen LogP contribution in [0, 0.1) is 0 Å². The first-order valence-corrected chi connectivity index (χ1v) is 12.9. The Morgan fingerprint density at radius 1 is 0.781 bits per heavy atom. The summed E-state index contributed by atoms with van der Waals surface area (Å²) in [6, 6.07) is 10.9. The summed E-state index contributed by atoms with van der Waals surface area (Å²) in [6.45, 7) is 2.23. The van der Waals surface area contributed by atoms with Gasteiger partial charge in [0.25, 0.3) is 10.1 Å². The largest absolute Gasteiger partial charge is 1.00 e. The molecule has 0 radical (unpaired) electrons. The molecule has 0 amide bonds. The Bertz CT molecular complexity index is 899. The van der Waals surface area contributed by atoms with E-state index in [1.165, 1.54) is 69.6 Å². The molecule has 2 aromatic carbocycles. The van der Waals surface area contributed by atoms with Crippen molar-refractivity contribution >= 4 is 10.1 Å². The van der Waals surface area contributed by atoms with Gasteiger partial charge in [0, 0.05) is 0 Å². The topological polar surface area (TPSA) is 86.7 Å². The van der Waals surface area contributed by atoms with Crippen molar-refractivity contribution in [3.63, 3.8) is 0 Å². The fourth-order valence-electron chi connectivity index (χ4n) is 3.76. The molecule has 0 aliphatic heterocycles. The minimum atomic E-state index is -4.49. The van der Waals surface area contributed by atoms with E-state index in [0.717, 1.165) is 19.3 Å². The van der Waals surface area contributed by atoms with E-state index in [1.54, 1.807) is 24.3 Å². The van der Waals surface area contributed by atoms with E-state index < -0.39 is 10.1 Å². The molecule has 5 nitrogen and oxygen atoms in total. The molecule has 1 N–H and O–H groups in total. The molecule has 0 heterocycles. The molecule has 0 saturated heterocycles. The zero-order valence-electron chi connectivity index (χ0n) is 19.5. The molecule has 0 saturated carbocycles. The maximum atomic E-state index is 12.0. The van der Waals surface area contributed by atoms with Gasteiger partial charge < -0.3 is 9.84 Å². The van der Waals surface area contributed by atoms with Gasteiger partial charge in [0.1, 0.15) is 16.4 Å². The first-order chi connectivity index (χ1) is 14.9. The van der Waals surface area contributed by atoms with Crippen LogP contribution < -0.4 is 61.2 Å². The van der Waals surface area contributed by atoms with Crippen LogP contribution >= 0.6 is 0 Å². The Morgan fingerprint density at radius 2 is 1.31 bits per heavy atom. The zero-order chi connectivity index (χ0) is 22.5. The third kappa shape index (κ3) is 10.7. The number of hydrogen-bond acceptors (Lipinski definition) is 4. The summed E-state index contributed by atoms with van der Waals surface area (Å²) < 4.78 is 39.4. The van der Waals surface area contributed by atoms with Gasteiger partial charge in [-0.25, -0.2) is 0 Å². The molecule has 0 atom stereocenters. The van der Waals surface area contributed by atoms with Crippen LogP contribution in [0.1, 0.15) is 83.1 Å². The standard InChI is InChI=1S/C25H36O5S.K/c1-2-3-4-5-6-7-8-9-10-11-12-16-21-17-15-20-24(25(21)31(27,28)29)30-23-19-14-13-18-22(23)26;/h13-15,17-20,26H,2-12,16H2,1H3,(H,27,28,29);/q;+1/p-1. The van der Waals surface area contributed by atoms with Gasteiger partial charge in [-0.2, -0.15) is 8.42 Å². The average molecular weight is 487 g/mol. The van der Waals surface area contributed by atoms with Crippen LogP contribution in [-0.4, -0.2) is 13.0 Å². The van der Waals surface area contributed by atoms with Crippen LogP contribution in [0.3, 0.4) is 0 Å². The van der Waals surface area contributed by atoms with Crippen LogP contribution in [-0.2, 0) is 16.5 Å². The van der Waals surface area contributed by atoms with E-state index in [1.807, 2.05) is 0 Å². The SMILES string of the molecule is CCCCCCCCCCCCCc1cccc(Oc2ccccc2[O-])c1S(=O)(=O)O.[K+]. The van der Waals surface area contributed by atoms with Gasteiger partial charge in [-0.3, -0.25) is 4.55 Å². The minimum absolute atomic E-state index is 0. The summed E-state index contributed by atoms with van der Waals surface area (Å²) in [5.41, 5.74) is 0.513. The van der Waals surface area contributed by atoms with E-state index in [4.69, 9.17) is 4.74 Å². The van der Waals surface area contributed by atoms with E-state index in [9.17, 15) is 18.1 Å². The number of para-hydroxylation sites is 2. The van der Waals surface area contributed by atoms with Crippen molar-refractivity contribution in [3.8, 4) is 17.2 Å². The number of unbranched alkanes of at least 4 members (excludes halogenated alkanes) is 10. The molecule has 0 fully saturated rings. The normalized spacial score (nSPS) is 11.2. The van der Waals surface area contributed by atoms with Gasteiger partial charge in [-0.15, -0.1) is 0 Å². The summed E-state index contributed by atoms with van der Waals surface area (Å²) in [5, 5.41) is 11.9. The second kappa shape index (κ2) is 16.3. The van der Waals surface area contributed by atoms with E-state index in [2.05, 4.69) is 6.92 Å². The number of hydrogen-bond donors (Lipinski definition) is 1. The fourth-order valence-corrected chi connectivity index (χ4v) is 4.63. The van der Waals surface area contributed by atoms with Crippen LogP contribution in [0.4, 0.5) is 0 Å². The summed E-state index contributed by atoms with van der Waals surface area (Å²) in [6.07, 6.45) is 13.8. The molecule has 0 bridgehead atoms. The Kier molecular flexibility index (Phi) is 15.0. The second-order valence-electron chi connectivity index (χ2n) is 8.05. The maximum Gasteiger partial charge on any atom is 1.00 e. The van der Waals surface area contributed by atoms with Gasteiger partial charge in [0.2, 0.25) is 0 Å². The summed E-state index contributed by atoms with van der Waals surface area (Å²) in [4.78, 5) is -0.245. The van der Waals surface area contributed by atoms with Gasteiger partial charge in [-0.1, -0.05) is 107 Å². The van der Waals surface area contributed by atoms with Crippen molar-refractivity contribution < 1.29 is 74.2 Å². The third-order valence-electron chi connectivity index (χ3n) is 5.44. The molecule has 0 aromatic heterocycles. The smallest absolute Gasteiger partial charge is 0.870 e. The van der Waals surface area contributed by atoms with Crippen molar-refractivity contribution in [2.75, 3.05) is 0 Å². The predicted molar refractivity (Wildman–Crippen MR) is 122 cm³/mol. The Labute approximate surface area is 236 Å².